The minimum atomic E-state index is 0.729. The molecule has 0 unspecified atom stereocenters. The van der Waals surface area contributed by atoms with Crippen LogP contribution in [0.2, 0.25) is 0 Å². The average Bonchev–Trinajstić information content (AvgIpc) is 2.82. The molecule has 0 amide bonds. The van der Waals surface area contributed by atoms with Crippen LogP contribution in [0.4, 0.5) is 11.4 Å². The minimum absolute atomic E-state index is 0.729. The molecule has 0 radical (unpaired) electrons. The van der Waals surface area contributed by atoms with Crippen molar-refractivity contribution in [2.24, 2.45) is 0 Å². The molecule has 0 spiro atoms. The molecule has 3 N–H and O–H groups in total. The van der Waals surface area contributed by atoms with Gasteiger partial charge >= 0.3 is 0 Å². The highest BCUT2D eigenvalue weighted by atomic mass is 79.9. The van der Waals surface area contributed by atoms with Gasteiger partial charge in [-0.2, -0.15) is 0 Å². The van der Waals surface area contributed by atoms with Gasteiger partial charge in [0.05, 0.1) is 0 Å². The Morgan fingerprint density at radius 1 is 0.677 bits per heavy atom. The van der Waals surface area contributed by atoms with Crippen molar-refractivity contribution in [1.82, 2.24) is 0 Å². The van der Waals surface area contributed by atoms with E-state index in [4.69, 9.17) is 5.73 Å². The van der Waals surface area contributed by atoms with Crippen LogP contribution in [-0.2, 0) is 6.54 Å². The van der Waals surface area contributed by atoms with Gasteiger partial charge in [-0.3, -0.25) is 4.79 Å². The van der Waals surface area contributed by atoms with Crippen LogP contribution < -0.4 is 11.1 Å². The predicted molar refractivity (Wildman–Crippen MR) is 138 cm³/mol. The molecule has 0 aliphatic carbocycles. The number of nitrogen functional groups attached to an aromatic ring is 1. The summed E-state index contributed by atoms with van der Waals surface area (Å²) < 4.78 is 2.06. The van der Waals surface area contributed by atoms with Gasteiger partial charge in [-0.25, -0.2) is 0 Å². The van der Waals surface area contributed by atoms with Crippen molar-refractivity contribution in [1.29, 1.82) is 0 Å². The zero-order chi connectivity index (χ0) is 22.3. The molecular formula is C26H24Br2N2O. The molecular weight excluding hydrogens is 516 g/mol. The Hall–Kier alpha value is -2.89. The van der Waals surface area contributed by atoms with E-state index in [9.17, 15) is 4.79 Å². The van der Waals surface area contributed by atoms with Gasteiger partial charge < -0.3 is 11.1 Å². The van der Waals surface area contributed by atoms with Gasteiger partial charge in [0.2, 0.25) is 0 Å². The molecule has 158 valence electrons. The van der Waals surface area contributed by atoms with Crippen LogP contribution in [0.15, 0.2) is 118 Å². The number of hydrogen-bond donors (Lipinski definition) is 2. The molecule has 5 heteroatoms. The van der Waals surface area contributed by atoms with E-state index in [1.54, 1.807) is 12.1 Å². The van der Waals surface area contributed by atoms with Crippen molar-refractivity contribution < 1.29 is 4.79 Å². The summed E-state index contributed by atoms with van der Waals surface area (Å²) in [6.45, 7) is 0.851. The van der Waals surface area contributed by atoms with E-state index in [2.05, 4.69) is 67.5 Å². The Morgan fingerprint density at radius 3 is 1.68 bits per heavy atom. The number of halogens is 2. The van der Waals surface area contributed by atoms with Crippen molar-refractivity contribution in [2.45, 2.75) is 6.54 Å². The van der Waals surface area contributed by atoms with Crippen molar-refractivity contribution in [3.8, 4) is 0 Å². The van der Waals surface area contributed by atoms with Gasteiger partial charge in [0.25, 0.3) is 0 Å². The van der Waals surface area contributed by atoms with E-state index >= 15 is 0 Å². The molecule has 0 atom stereocenters. The van der Waals surface area contributed by atoms with E-state index < -0.39 is 0 Å². The molecule has 0 fully saturated rings. The van der Waals surface area contributed by atoms with Crippen LogP contribution in [-0.4, -0.2) is 6.29 Å². The number of para-hydroxylation sites is 2. The van der Waals surface area contributed by atoms with Crippen molar-refractivity contribution in [3.63, 3.8) is 0 Å². The monoisotopic (exact) mass is 538 g/mol. The first-order chi connectivity index (χ1) is 15.1. The number of anilines is 2. The van der Waals surface area contributed by atoms with Crippen LogP contribution in [0.3, 0.4) is 0 Å². The van der Waals surface area contributed by atoms with Crippen LogP contribution in [0, 0.1) is 0 Å². The topological polar surface area (TPSA) is 55.1 Å². The number of carbonyl (C=O) groups excluding carboxylic acids is 1. The largest absolute Gasteiger partial charge is 0.398 e. The third-order valence-electron chi connectivity index (χ3n) is 4.04. The first kappa shape index (κ1) is 24.4. The Morgan fingerprint density at radius 2 is 1.19 bits per heavy atom. The second-order valence-electron chi connectivity index (χ2n) is 6.37. The summed E-state index contributed by atoms with van der Waals surface area (Å²) in [5.41, 5.74) is 9.40. The molecule has 0 aromatic heterocycles. The maximum Gasteiger partial charge on any atom is 0.150 e. The fourth-order valence-corrected chi connectivity index (χ4v) is 3.11. The SMILES string of the molecule is Brc1ccccc1NCc1ccccc1.Nc1ccccc1Br.O=Cc1ccccc1. The van der Waals surface area contributed by atoms with E-state index in [0.717, 1.165) is 38.7 Å². The van der Waals surface area contributed by atoms with Crippen molar-refractivity contribution in [2.75, 3.05) is 11.1 Å². The summed E-state index contributed by atoms with van der Waals surface area (Å²) in [4.78, 5) is 10.0. The van der Waals surface area contributed by atoms with Gasteiger partial charge in [-0.15, -0.1) is 0 Å². The van der Waals surface area contributed by atoms with Gasteiger partial charge in [0.1, 0.15) is 6.29 Å². The van der Waals surface area contributed by atoms with E-state index in [0.29, 0.717) is 0 Å². The molecule has 4 aromatic carbocycles. The lowest BCUT2D eigenvalue weighted by Crippen LogP contribution is -1.99. The second-order valence-corrected chi connectivity index (χ2v) is 8.08. The van der Waals surface area contributed by atoms with E-state index in [1.165, 1.54) is 5.56 Å². The molecule has 0 heterocycles. The van der Waals surface area contributed by atoms with Crippen LogP contribution >= 0.6 is 31.9 Å². The highest BCUT2D eigenvalue weighted by Crippen LogP contribution is 2.21. The van der Waals surface area contributed by atoms with E-state index in [-0.39, 0.29) is 0 Å². The maximum absolute atomic E-state index is 10.0. The summed E-state index contributed by atoms with van der Waals surface area (Å²) in [6, 6.07) is 35.2. The molecule has 0 aliphatic rings. The van der Waals surface area contributed by atoms with Crippen molar-refractivity contribution in [3.05, 3.63) is 129 Å². The van der Waals surface area contributed by atoms with E-state index in [1.807, 2.05) is 66.7 Å². The zero-order valence-corrected chi connectivity index (χ0v) is 20.1. The first-order valence-electron chi connectivity index (χ1n) is 9.62. The third kappa shape index (κ3) is 9.64. The molecule has 4 rings (SSSR count). The lowest BCUT2D eigenvalue weighted by Gasteiger charge is -2.07. The Bertz CT molecular complexity index is 1020. The lowest BCUT2D eigenvalue weighted by atomic mass is 10.2. The van der Waals surface area contributed by atoms with Gasteiger partial charge in [-0.1, -0.05) is 84.9 Å². The fraction of sp³-hybridized carbons (Fsp3) is 0.0385. The summed E-state index contributed by atoms with van der Waals surface area (Å²) in [7, 11) is 0. The number of benzene rings is 4. The molecule has 0 saturated heterocycles. The quantitative estimate of drug-likeness (QED) is 0.207. The predicted octanol–water partition coefficient (Wildman–Crippen LogP) is 7.59. The third-order valence-corrected chi connectivity index (χ3v) is 5.45. The standard InChI is InChI=1S/C13H12BrN.C7H6O.C6H6BrN/c14-12-8-4-5-9-13(12)15-10-11-6-2-1-3-7-11;8-6-7-4-2-1-3-5-7;7-5-3-1-2-4-6(5)8/h1-9,15H,10H2;1-6H;1-4H,8H2. The van der Waals surface area contributed by atoms with Gasteiger partial charge in [-0.05, 0) is 61.7 Å². The summed E-state index contributed by atoms with van der Waals surface area (Å²) in [5.74, 6) is 0. The first-order valence-corrected chi connectivity index (χ1v) is 11.2. The number of nitrogens with one attached hydrogen (secondary N) is 1. The molecule has 3 nitrogen and oxygen atoms in total. The normalized spacial score (nSPS) is 9.35. The Balaban J connectivity index is 0.000000181. The number of nitrogens with two attached hydrogens (primary N) is 1. The molecule has 31 heavy (non-hydrogen) atoms. The second kappa shape index (κ2) is 14.2. The zero-order valence-electron chi connectivity index (χ0n) is 16.9. The number of hydrogen-bond acceptors (Lipinski definition) is 3. The summed E-state index contributed by atoms with van der Waals surface area (Å²) in [6.07, 6.45) is 0.833. The molecule has 4 aromatic rings. The number of aldehydes is 1. The van der Waals surface area contributed by atoms with Crippen LogP contribution in [0.25, 0.3) is 0 Å². The lowest BCUT2D eigenvalue weighted by molar-refractivity contribution is 0.112. The number of rotatable bonds is 4. The fourth-order valence-electron chi connectivity index (χ4n) is 2.40. The number of carbonyl (C=O) groups is 1. The maximum atomic E-state index is 10.0. The van der Waals surface area contributed by atoms with Crippen molar-refractivity contribution >= 4 is 49.5 Å². The highest BCUT2D eigenvalue weighted by molar-refractivity contribution is 9.11. The Labute approximate surface area is 200 Å². The van der Waals surface area contributed by atoms with Crippen LogP contribution in [0.5, 0.6) is 0 Å². The molecule has 0 aliphatic heterocycles. The van der Waals surface area contributed by atoms with Gasteiger partial charge in [0.15, 0.2) is 0 Å². The molecule has 0 bridgehead atoms. The summed E-state index contributed by atoms with van der Waals surface area (Å²) >= 11 is 6.78. The Kier molecular flexibility index (Phi) is 11.1. The highest BCUT2D eigenvalue weighted by Gasteiger charge is 1.97. The summed E-state index contributed by atoms with van der Waals surface area (Å²) in [5, 5.41) is 3.38. The average molecular weight is 540 g/mol. The van der Waals surface area contributed by atoms with Gasteiger partial charge in [0, 0.05) is 32.4 Å². The smallest absolute Gasteiger partial charge is 0.150 e. The minimum Gasteiger partial charge on any atom is -0.398 e. The molecule has 0 saturated carbocycles. The van der Waals surface area contributed by atoms with Crippen LogP contribution in [0.1, 0.15) is 15.9 Å².